The largest absolute Gasteiger partial charge is 0.302 e. The lowest BCUT2D eigenvalue weighted by Gasteiger charge is -2.35. The molecule has 1 aliphatic rings. The highest BCUT2D eigenvalue weighted by Gasteiger charge is 2.30. The van der Waals surface area contributed by atoms with E-state index in [0.29, 0.717) is 0 Å². The fourth-order valence-electron chi connectivity index (χ4n) is 2.05. The Morgan fingerprint density at radius 2 is 2.21 bits per heavy atom. The SMILES string of the molecule is CC1CCCN(CC(C)(C)C(=O)Cl)C1. The van der Waals surface area contributed by atoms with Crippen LogP contribution in [0.1, 0.15) is 33.6 Å². The highest BCUT2D eigenvalue weighted by Crippen LogP contribution is 2.24. The van der Waals surface area contributed by atoms with Gasteiger partial charge in [-0.2, -0.15) is 0 Å². The minimum Gasteiger partial charge on any atom is -0.302 e. The fourth-order valence-corrected chi connectivity index (χ4v) is 2.11. The molecule has 0 aromatic rings. The molecule has 0 bridgehead atoms. The summed E-state index contributed by atoms with van der Waals surface area (Å²) in [6, 6.07) is 0. The molecular weight excluding hydrogens is 198 g/mol. The number of carbonyl (C=O) groups excluding carboxylic acids is 1. The molecule has 82 valence electrons. The maximum absolute atomic E-state index is 11.2. The first-order chi connectivity index (χ1) is 6.42. The van der Waals surface area contributed by atoms with Crippen molar-refractivity contribution in [3.63, 3.8) is 0 Å². The minimum absolute atomic E-state index is 0.226. The summed E-state index contributed by atoms with van der Waals surface area (Å²) in [5.74, 6) is 0.755. The average Bonchev–Trinajstić information content (AvgIpc) is 2.02. The van der Waals surface area contributed by atoms with Crippen LogP contribution in [0.3, 0.4) is 0 Å². The van der Waals surface area contributed by atoms with Crippen molar-refractivity contribution in [1.82, 2.24) is 4.90 Å². The third kappa shape index (κ3) is 3.25. The van der Waals surface area contributed by atoms with Gasteiger partial charge in [-0.1, -0.05) is 20.8 Å². The van der Waals surface area contributed by atoms with Gasteiger partial charge in [0.2, 0.25) is 5.24 Å². The van der Waals surface area contributed by atoms with Gasteiger partial charge >= 0.3 is 0 Å². The number of hydrogen-bond donors (Lipinski definition) is 0. The molecule has 1 aliphatic heterocycles. The van der Waals surface area contributed by atoms with Crippen LogP contribution < -0.4 is 0 Å². The molecular formula is C11H20ClNO. The third-order valence-corrected chi connectivity index (χ3v) is 3.40. The second-order valence-corrected chi connectivity index (χ2v) is 5.48. The summed E-state index contributed by atoms with van der Waals surface area (Å²) >= 11 is 5.56. The van der Waals surface area contributed by atoms with Crippen LogP contribution in [0.2, 0.25) is 0 Å². The number of hydrogen-bond acceptors (Lipinski definition) is 2. The Bertz CT molecular complexity index is 215. The van der Waals surface area contributed by atoms with E-state index in [2.05, 4.69) is 11.8 Å². The molecule has 0 aromatic heterocycles. The number of rotatable bonds is 3. The molecule has 1 rings (SSSR count). The Balaban J connectivity index is 2.47. The van der Waals surface area contributed by atoms with Gasteiger partial charge in [0, 0.05) is 13.1 Å². The molecule has 1 fully saturated rings. The summed E-state index contributed by atoms with van der Waals surface area (Å²) in [4.78, 5) is 13.5. The normalized spacial score (nSPS) is 25.0. The predicted molar refractivity (Wildman–Crippen MR) is 59.5 cm³/mol. The summed E-state index contributed by atoms with van der Waals surface area (Å²) in [7, 11) is 0. The van der Waals surface area contributed by atoms with Crippen LogP contribution in [-0.2, 0) is 4.79 Å². The first-order valence-electron chi connectivity index (χ1n) is 5.34. The predicted octanol–water partition coefficient (Wildman–Crippen LogP) is 2.51. The van der Waals surface area contributed by atoms with E-state index in [-0.39, 0.29) is 5.24 Å². The average molecular weight is 218 g/mol. The van der Waals surface area contributed by atoms with Crippen molar-refractivity contribution in [3.8, 4) is 0 Å². The lowest BCUT2D eigenvalue weighted by molar-refractivity contribution is -0.120. The van der Waals surface area contributed by atoms with Crippen LogP contribution >= 0.6 is 11.6 Å². The van der Waals surface area contributed by atoms with Crippen molar-refractivity contribution >= 4 is 16.8 Å². The summed E-state index contributed by atoms with van der Waals surface area (Å²) in [5.41, 5.74) is -0.404. The van der Waals surface area contributed by atoms with Crippen molar-refractivity contribution in [3.05, 3.63) is 0 Å². The molecule has 1 atom stereocenters. The standard InChI is InChI=1S/C11H20ClNO/c1-9-5-4-6-13(7-9)8-11(2,3)10(12)14/h9H,4-8H2,1-3H3. The van der Waals surface area contributed by atoms with Crippen LogP contribution in [-0.4, -0.2) is 29.8 Å². The van der Waals surface area contributed by atoms with Gasteiger partial charge in [-0.3, -0.25) is 4.79 Å². The molecule has 0 aromatic carbocycles. The smallest absolute Gasteiger partial charge is 0.228 e. The van der Waals surface area contributed by atoms with Crippen LogP contribution in [0.15, 0.2) is 0 Å². The van der Waals surface area contributed by atoms with Crippen molar-refractivity contribution in [2.75, 3.05) is 19.6 Å². The van der Waals surface area contributed by atoms with Gasteiger partial charge < -0.3 is 4.90 Å². The van der Waals surface area contributed by atoms with Gasteiger partial charge in [0.05, 0.1) is 5.41 Å². The molecule has 3 heteroatoms. The van der Waals surface area contributed by atoms with E-state index in [1.165, 1.54) is 12.8 Å². The molecule has 0 saturated carbocycles. The Morgan fingerprint density at radius 3 is 2.71 bits per heavy atom. The second-order valence-electron chi connectivity index (χ2n) is 5.14. The Labute approximate surface area is 91.6 Å². The number of halogens is 1. The van der Waals surface area contributed by atoms with E-state index in [0.717, 1.165) is 25.6 Å². The van der Waals surface area contributed by atoms with Gasteiger partial charge in [0.1, 0.15) is 0 Å². The monoisotopic (exact) mass is 217 g/mol. The minimum atomic E-state index is -0.404. The zero-order chi connectivity index (χ0) is 10.8. The van der Waals surface area contributed by atoms with Crippen LogP contribution in [0.25, 0.3) is 0 Å². The molecule has 1 unspecified atom stereocenters. The Morgan fingerprint density at radius 1 is 1.57 bits per heavy atom. The molecule has 0 N–H and O–H groups in total. The molecule has 0 spiro atoms. The van der Waals surface area contributed by atoms with Crippen LogP contribution in [0.5, 0.6) is 0 Å². The Hall–Kier alpha value is -0.0800. The summed E-state index contributed by atoms with van der Waals surface area (Å²) < 4.78 is 0. The summed E-state index contributed by atoms with van der Waals surface area (Å²) in [6.07, 6.45) is 2.56. The van der Waals surface area contributed by atoms with Gasteiger partial charge in [-0.15, -0.1) is 0 Å². The second kappa shape index (κ2) is 4.63. The lowest BCUT2D eigenvalue weighted by Crippen LogP contribution is -2.42. The molecule has 1 saturated heterocycles. The van der Waals surface area contributed by atoms with E-state index in [9.17, 15) is 4.79 Å². The van der Waals surface area contributed by atoms with E-state index in [4.69, 9.17) is 11.6 Å². The van der Waals surface area contributed by atoms with Crippen molar-refractivity contribution in [2.24, 2.45) is 11.3 Å². The first kappa shape index (κ1) is 12.0. The van der Waals surface area contributed by atoms with Gasteiger partial charge in [0.15, 0.2) is 0 Å². The number of nitrogens with zero attached hydrogens (tertiary/aromatic N) is 1. The van der Waals surface area contributed by atoms with Crippen molar-refractivity contribution < 1.29 is 4.79 Å². The number of piperidine rings is 1. The van der Waals surface area contributed by atoms with Crippen molar-refractivity contribution in [2.45, 2.75) is 33.6 Å². The van der Waals surface area contributed by atoms with Crippen LogP contribution in [0, 0.1) is 11.3 Å². The maximum atomic E-state index is 11.2. The molecule has 0 amide bonds. The summed E-state index contributed by atoms with van der Waals surface area (Å²) in [5, 5.41) is -0.226. The third-order valence-electron chi connectivity index (χ3n) is 2.89. The molecule has 0 aliphatic carbocycles. The van der Waals surface area contributed by atoms with Gasteiger partial charge in [-0.05, 0) is 36.9 Å². The zero-order valence-electron chi connectivity index (χ0n) is 9.35. The van der Waals surface area contributed by atoms with E-state index >= 15 is 0 Å². The number of carbonyl (C=O) groups is 1. The molecule has 14 heavy (non-hydrogen) atoms. The lowest BCUT2D eigenvalue weighted by atomic mass is 9.92. The Kier molecular flexibility index (Phi) is 3.96. The molecule has 0 radical (unpaired) electrons. The van der Waals surface area contributed by atoms with Gasteiger partial charge in [0.25, 0.3) is 0 Å². The zero-order valence-corrected chi connectivity index (χ0v) is 10.1. The number of likely N-dealkylation sites (tertiary alicyclic amines) is 1. The topological polar surface area (TPSA) is 20.3 Å². The fraction of sp³-hybridized carbons (Fsp3) is 0.909. The highest BCUT2D eigenvalue weighted by atomic mass is 35.5. The van der Waals surface area contributed by atoms with Gasteiger partial charge in [-0.25, -0.2) is 0 Å². The quantitative estimate of drug-likeness (QED) is 0.678. The van der Waals surface area contributed by atoms with Crippen molar-refractivity contribution in [1.29, 1.82) is 0 Å². The van der Waals surface area contributed by atoms with E-state index in [1.54, 1.807) is 0 Å². The highest BCUT2D eigenvalue weighted by molar-refractivity contribution is 6.64. The van der Waals surface area contributed by atoms with Crippen LogP contribution in [0.4, 0.5) is 0 Å². The maximum Gasteiger partial charge on any atom is 0.228 e. The van der Waals surface area contributed by atoms with E-state index in [1.807, 2.05) is 13.8 Å². The molecule has 1 heterocycles. The summed E-state index contributed by atoms with van der Waals surface area (Å²) in [6.45, 7) is 9.11. The molecule has 2 nitrogen and oxygen atoms in total. The first-order valence-corrected chi connectivity index (χ1v) is 5.72. The van der Waals surface area contributed by atoms with E-state index < -0.39 is 5.41 Å².